The summed E-state index contributed by atoms with van der Waals surface area (Å²) in [6.07, 6.45) is 2.58. The van der Waals surface area contributed by atoms with Crippen LogP contribution in [0.2, 0.25) is 0 Å². The van der Waals surface area contributed by atoms with Crippen molar-refractivity contribution in [3.05, 3.63) is 29.8 Å². The molecule has 21 heavy (non-hydrogen) atoms. The summed E-state index contributed by atoms with van der Waals surface area (Å²) in [7, 11) is 0. The minimum atomic E-state index is -2.86. The Labute approximate surface area is 122 Å². The first-order valence-electron chi connectivity index (χ1n) is 7.18. The number of fused-ring (bicyclic) bond motifs is 2. The largest absolute Gasteiger partial charge is 0.434 e. The average Bonchev–Trinajstić information content (AvgIpc) is 2.79. The van der Waals surface area contributed by atoms with Crippen LogP contribution in [0.5, 0.6) is 5.75 Å². The van der Waals surface area contributed by atoms with Crippen LogP contribution >= 0.6 is 0 Å². The number of likely N-dealkylation sites (tertiary alicyclic amines) is 1. The Hall–Kier alpha value is -1.69. The van der Waals surface area contributed by atoms with E-state index in [9.17, 15) is 13.6 Å². The first kappa shape index (κ1) is 14.3. The maximum Gasteiger partial charge on any atom is 0.387 e. The molecule has 2 atom stereocenters. The maximum atomic E-state index is 12.4. The average molecular weight is 296 g/mol. The van der Waals surface area contributed by atoms with E-state index in [1.807, 2.05) is 0 Å². The van der Waals surface area contributed by atoms with Crippen LogP contribution < -0.4 is 10.1 Å². The predicted molar refractivity (Wildman–Crippen MR) is 73.1 cm³/mol. The molecule has 0 spiro atoms. The first-order chi connectivity index (χ1) is 10.1. The quantitative estimate of drug-likeness (QED) is 0.925. The fourth-order valence-electron chi connectivity index (χ4n) is 3.12. The van der Waals surface area contributed by atoms with Gasteiger partial charge in [-0.2, -0.15) is 8.78 Å². The summed E-state index contributed by atoms with van der Waals surface area (Å²) < 4.78 is 29.4. The molecule has 0 saturated carbocycles. The standard InChI is InChI=1S/C15H18F2N2O2/c16-15(17)21-13-4-2-1-3-10(13)8-19-9-12-6-5-11(18-12)7-14(19)20/h1-4,11-12,15,18H,5-9H2. The van der Waals surface area contributed by atoms with Crippen LogP contribution in [0.1, 0.15) is 24.8 Å². The number of rotatable bonds is 4. The maximum absolute atomic E-state index is 12.4. The Morgan fingerprint density at radius 3 is 2.86 bits per heavy atom. The van der Waals surface area contributed by atoms with Crippen LogP contribution in [-0.2, 0) is 11.3 Å². The number of ether oxygens (including phenoxy) is 1. The van der Waals surface area contributed by atoms with E-state index in [1.54, 1.807) is 23.1 Å². The van der Waals surface area contributed by atoms with Crippen molar-refractivity contribution in [2.75, 3.05) is 6.54 Å². The van der Waals surface area contributed by atoms with Crippen LogP contribution in [0.3, 0.4) is 0 Å². The Morgan fingerprint density at radius 2 is 2.05 bits per heavy atom. The van der Waals surface area contributed by atoms with Gasteiger partial charge in [-0.3, -0.25) is 4.79 Å². The molecular formula is C15H18F2N2O2. The van der Waals surface area contributed by atoms with Crippen LogP contribution in [0.25, 0.3) is 0 Å². The number of hydrogen-bond acceptors (Lipinski definition) is 3. The third-order valence-electron chi connectivity index (χ3n) is 4.10. The topological polar surface area (TPSA) is 41.6 Å². The summed E-state index contributed by atoms with van der Waals surface area (Å²) in [5.41, 5.74) is 0.615. The number of benzene rings is 1. The highest BCUT2D eigenvalue weighted by atomic mass is 19.3. The second-order valence-corrected chi connectivity index (χ2v) is 5.60. The normalized spacial score (nSPS) is 25.3. The van der Waals surface area contributed by atoms with E-state index in [-0.39, 0.29) is 17.7 Å². The number of nitrogens with zero attached hydrogens (tertiary/aromatic N) is 1. The minimum Gasteiger partial charge on any atom is -0.434 e. The Bertz CT molecular complexity index is 524. The molecule has 2 fully saturated rings. The molecular weight excluding hydrogens is 278 g/mol. The molecule has 2 aliphatic rings. The van der Waals surface area contributed by atoms with Gasteiger partial charge in [-0.05, 0) is 18.9 Å². The molecule has 2 saturated heterocycles. The molecule has 0 radical (unpaired) electrons. The predicted octanol–water partition coefficient (Wildman–Crippen LogP) is 2.14. The summed E-state index contributed by atoms with van der Waals surface area (Å²) in [5.74, 6) is 0.212. The van der Waals surface area contributed by atoms with Crippen molar-refractivity contribution in [3.8, 4) is 5.75 Å². The number of halogens is 2. The SMILES string of the molecule is O=C1CC2CCC(CN1Cc1ccccc1OC(F)F)N2. The van der Waals surface area contributed by atoms with Crippen molar-refractivity contribution in [3.63, 3.8) is 0 Å². The lowest BCUT2D eigenvalue weighted by atomic mass is 10.1. The lowest BCUT2D eigenvalue weighted by Gasteiger charge is -2.25. The lowest BCUT2D eigenvalue weighted by Crippen LogP contribution is -2.37. The zero-order valence-corrected chi connectivity index (χ0v) is 11.6. The van der Waals surface area contributed by atoms with Gasteiger partial charge in [0.05, 0.1) is 0 Å². The van der Waals surface area contributed by atoms with E-state index in [0.717, 1.165) is 12.8 Å². The summed E-state index contributed by atoms with van der Waals surface area (Å²) in [6.45, 7) is -1.92. The Balaban J connectivity index is 1.75. The van der Waals surface area contributed by atoms with Gasteiger partial charge in [0.2, 0.25) is 5.91 Å². The second-order valence-electron chi connectivity index (χ2n) is 5.60. The molecule has 0 aromatic heterocycles. The number of carbonyl (C=O) groups is 1. The van der Waals surface area contributed by atoms with Crippen molar-refractivity contribution in [2.24, 2.45) is 0 Å². The van der Waals surface area contributed by atoms with Crippen molar-refractivity contribution in [1.82, 2.24) is 10.2 Å². The Kier molecular flexibility index (Phi) is 4.05. The molecule has 1 aromatic rings. The van der Waals surface area contributed by atoms with Crippen molar-refractivity contribution >= 4 is 5.91 Å². The van der Waals surface area contributed by atoms with Crippen molar-refractivity contribution < 1.29 is 18.3 Å². The third-order valence-corrected chi connectivity index (χ3v) is 4.10. The molecule has 0 aliphatic carbocycles. The number of alkyl halides is 2. The van der Waals surface area contributed by atoms with Gasteiger partial charge >= 0.3 is 6.61 Å². The van der Waals surface area contributed by atoms with Crippen molar-refractivity contribution in [1.29, 1.82) is 0 Å². The number of nitrogens with one attached hydrogen (secondary N) is 1. The van der Waals surface area contributed by atoms with E-state index in [2.05, 4.69) is 10.1 Å². The van der Waals surface area contributed by atoms with Gasteiger partial charge in [-0.15, -0.1) is 0 Å². The minimum absolute atomic E-state index is 0.0709. The highest BCUT2D eigenvalue weighted by Crippen LogP contribution is 2.26. The fourth-order valence-corrected chi connectivity index (χ4v) is 3.12. The summed E-state index contributed by atoms with van der Waals surface area (Å²) in [4.78, 5) is 14.0. The van der Waals surface area contributed by atoms with E-state index in [1.165, 1.54) is 6.07 Å². The van der Waals surface area contributed by atoms with E-state index in [0.29, 0.717) is 31.1 Å². The lowest BCUT2D eigenvalue weighted by molar-refractivity contribution is -0.131. The summed E-state index contributed by atoms with van der Waals surface area (Å²) in [5, 5.41) is 3.43. The van der Waals surface area contributed by atoms with Gasteiger partial charge in [-0.1, -0.05) is 18.2 Å². The highest BCUT2D eigenvalue weighted by molar-refractivity contribution is 5.77. The van der Waals surface area contributed by atoms with Gasteiger partial charge in [0.25, 0.3) is 0 Å². The summed E-state index contributed by atoms with van der Waals surface area (Å²) in [6, 6.07) is 7.22. The van der Waals surface area contributed by atoms with Gasteiger partial charge < -0.3 is 15.0 Å². The van der Waals surface area contributed by atoms with Crippen LogP contribution in [0.15, 0.2) is 24.3 Å². The molecule has 2 heterocycles. The highest BCUT2D eigenvalue weighted by Gasteiger charge is 2.33. The zero-order valence-electron chi connectivity index (χ0n) is 11.6. The summed E-state index contributed by atoms with van der Waals surface area (Å²) >= 11 is 0. The molecule has 4 nitrogen and oxygen atoms in total. The smallest absolute Gasteiger partial charge is 0.387 e. The molecule has 1 N–H and O–H groups in total. The van der Waals surface area contributed by atoms with Gasteiger partial charge in [0.1, 0.15) is 5.75 Å². The zero-order chi connectivity index (χ0) is 14.8. The number of carbonyl (C=O) groups excluding carboxylic acids is 1. The molecule has 6 heteroatoms. The molecule has 1 aromatic carbocycles. The number of hydrogen-bond donors (Lipinski definition) is 1. The fraction of sp³-hybridized carbons (Fsp3) is 0.533. The van der Waals surface area contributed by atoms with E-state index >= 15 is 0 Å². The van der Waals surface area contributed by atoms with Crippen LogP contribution in [0, 0.1) is 0 Å². The number of amides is 1. The van der Waals surface area contributed by atoms with Gasteiger partial charge in [-0.25, -0.2) is 0 Å². The first-order valence-corrected chi connectivity index (χ1v) is 7.18. The second kappa shape index (κ2) is 5.97. The molecule has 114 valence electrons. The van der Waals surface area contributed by atoms with Crippen LogP contribution in [-0.4, -0.2) is 36.0 Å². The Morgan fingerprint density at radius 1 is 1.29 bits per heavy atom. The molecule has 2 bridgehead atoms. The van der Waals surface area contributed by atoms with E-state index in [4.69, 9.17) is 0 Å². The molecule has 1 amide bonds. The number of para-hydroxylation sites is 1. The third kappa shape index (κ3) is 3.32. The van der Waals surface area contributed by atoms with Crippen LogP contribution in [0.4, 0.5) is 8.78 Å². The van der Waals surface area contributed by atoms with Crippen molar-refractivity contribution in [2.45, 2.75) is 44.5 Å². The monoisotopic (exact) mass is 296 g/mol. The van der Waals surface area contributed by atoms with Gasteiger partial charge in [0, 0.05) is 37.2 Å². The molecule has 2 unspecified atom stereocenters. The van der Waals surface area contributed by atoms with E-state index < -0.39 is 6.61 Å². The molecule has 2 aliphatic heterocycles. The molecule has 3 rings (SSSR count). The van der Waals surface area contributed by atoms with Gasteiger partial charge in [0.15, 0.2) is 0 Å².